The Morgan fingerprint density at radius 2 is 1.72 bits per heavy atom. The average Bonchev–Trinajstić information content (AvgIpc) is 3.62. The van der Waals surface area contributed by atoms with Gasteiger partial charge >= 0.3 is 15.6 Å². The predicted octanol–water partition coefficient (Wildman–Crippen LogP) is 7.60. The Hall–Kier alpha value is -4.08. The average molecular weight is 650 g/mol. The van der Waals surface area contributed by atoms with Crippen LogP contribution in [0.1, 0.15) is 11.1 Å². The summed E-state index contributed by atoms with van der Waals surface area (Å²) in [5.41, 5.74) is -3.53. The lowest BCUT2D eigenvalue weighted by Gasteiger charge is -2.13. The molecule has 3 aromatic carbocycles. The maximum Gasteiger partial charge on any atom is 0.534 e. The molecule has 2 heterocycles. The van der Waals surface area contributed by atoms with Crippen molar-refractivity contribution in [1.29, 1.82) is 5.41 Å². The second-order valence-corrected chi connectivity index (χ2v) is 12.4. The first-order valence-corrected chi connectivity index (χ1v) is 15.8. The van der Waals surface area contributed by atoms with Crippen LogP contribution >= 0.6 is 23.5 Å². The molecule has 0 unspecified atom stereocenters. The Morgan fingerprint density at radius 3 is 2.47 bits per heavy atom. The van der Waals surface area contributed by atoms with Crippen molar-refractivity contribution in [1.82, 2.24) is 9.97 Å². The summed E-state index contributed by atoms with van der Waals surface area (Å²) >= 11 is 2.34. The maximum absolute atomic E-state index is 13.0. The van der Waals surface area contributed by atoms with Gasteiger partial charge in [0.25, 0.3) is 0 Å². The highest BCUT2D eigenvalue weighted by Gasteiger charge is 2.48. The van der Waals surface area contributed by atoms with Crippen LogP contribution in [0, 0.1) is 5.41 Å². The normalized spacial score (nSPS) is 11.9. The zero-order valence-electron chi connectivity index (χ0n) is 22.2. The number of rotatable bonds is 10. The first-order chi connectivity index (χ1) is 20.5. The van der Waals surface area contributed by atoms with E-state index in [4.69, 9.17) is 19.3 Å². The number of alkyl halides is 3. The van der Waals surface area contributed by atoms with E-state index in [1.54, 1.807) is 36.6 Å². The number of halogens is 3. The van der Waals surface area contributed by atoms with E-state index < -0.39 is 21.4 Å². The number of aromatic nitrogens is 2. The van der Waals surface area contributed by atoms with E-state index in [1.165, 1.54) is 18.0 Å². The van der Waals surface area contributed by atoms with E-state index in [0.717, 1.165) is 29.5 Å². The number of hydrogen-bond acceptors (Lipinski definition) is 10. The number of ether oxygens (including phenoxy) is 2. The molecule has 0 saturated carbocycles. The number of hydrogen-bond donors (Lipinski definition) is 2. The topological polar surface area (TPSA) is 128 Å². The van der Waals surface area contributed by atoms with E-state index in [-0.39, 0.29) is 23.7 Å². The summed E-state index contributed by atoms with van der Waals surface area (Å²) in [5, 5.41) is 8.59. The minimum absolute atomic E-state index is 0.0143. The second-order valence-electron chi connectivity index (χ2n) is 8.83. The molecule has 15 heteroatoms. The van der Waals surface area contributed by atoms with E-state index in [1.807, 2.05) is 30.3 Å². The van der Waals surface area contributed by atoms with Gasteiger partial charge in [-0.2, -0.15) is 21.6 Å². The van der Waals surface area contributed by atoms with Gasteiger partial charge in [-0.1, -0.05) is 42.5 Å². The van der Waals surface area contributed by atoms with Crippen LogP contribution in [0.3, 0.4) is 0 Å². The first kappa shape index (κ1) is 30.4. The third-order valence-corrected chi connectivity index (χ3v) is 8.48. The number of fused-ring (bicyclic) bond motifs is 1. The van der Waals surface area contributed by atoms with Crippen LogP contribution in [0.5, 0.6) is 17.2 Å². The van der Waals surface area contributed by atoms with Crippen molar-refractivity contribution in [2.45, 2.75) is 23.9 Å². The molecule has 0 saturated heterocycles. The molecule has 0 bridgehead atoms. The number of imidazole rings is 1. The lowest BCUT2D eigenvalue weighted by atomic mass is 10.2. The number of thioether (sulfide) groups is 2. The molecular formula is C28H22F3N3O6S3. The summed E-state index contributed by atoms with van der Waals surface area (Å²) < 4.78 is 84.9. The van der Waals surface area contributed by atoms with E-state index >= 15 is 0 Å². The lowest BCUT2D eigenvalue weighted by Crippen LogP contribution is -2.28. The van der Waals surface area contributed by atoms with Gasteiger partial charge in [0.05, 0.1) is 11.6 Å². The van der Waals surface area contributed by atoms with Gasteiger partial charge in [0.15, 0.2) is 10.9 Å². The van der Waals surface area contributed by atoms with Crippen LogP contribution in [0.25, 0.3) is 22.4 Å². The highest BCUT2D eigenvalue weighted by atomic mass is 32.2. The van der Waals surface area contributed by atoms with Crippen molar-refractivity contribution in [3.8, 4) is 28.7 Å². The van der Waals surface area contributed by atoms with Crippen LogP contribution < -0.4 is 13.7 Å². The van der Waals surface area contributed by atoms with Crippen LogP contribution in [0.2, 0.25) is 0 Å². The number of aromatic amines is 1. The number of nitrogens with zero attached hydrogens (tertiary/aromatic N) is 1. The molecule has 0 radical (unpaired) electrons. The summed E-state index contributed by atoms with van der Waals surface area (Å²) in [5.74, 6) is 0.210. The van der Waals surface area contributed by atoms with Crippen molar-refractivity contribution in [3.05, 3.63) is 90.1 Å². The van der Waals surface area contributed by atoms with Gasteiger partial charge in [-0.25, -0.2) is 4.98 Å². The molecule has 0 atom stereocenters. The monoisotopic (exact) mass is 649 g/mol. The lowest BCUT2D eigenvalue weighted by molar-refractivity contribution is -0.0500. The minimum atomic E-state index is -5.95. The quantitative estimate of drug-likeness (QED) is 0.0517. The molecule has 0 amide bonds. The van der Waals surface area contributed by atoms with Crippen LogP contribution in [-0.4, -0.2) is 34.5 Å². The Kier molecular flexibility index (Phi) is 8.94. The summed E-state index contributed by atoms with van der Waals surface area (Å²) in [6.07, 6.45) is 3.23. The smallest absolute Gasteiger partial charge is 0.489 e. The zero-order valence-corrected chi connectivity index (χ0v) is 24.6. The fourth-order valence-electron chi connectivity index (χ4n) is 3.79. The Balaban J connectivity index is 1.42. The molecule has 224 valence electrons. The first-order valence-electron chi connectivity index (χ1n) is 12.3. The minimum Gasteiger partial charge on any atom is -0.489 e. The number of furan rings is 1. The molecule has 2 aromatic heterocycles. The third-order valence-electron chi connectivity index (χ3n) is 5.80. The van der Waals surface area contributed by atoms with Crippen molar-refractivity contribution in [2.75, 3.05) is 6.26 Å². The third kappa shape index (κ3) is 7.47. The highest BCUT2D eigenvalue weighted by Crippen LogP contribution is 2.39. The van der Waals surface area contributed by atoms with Gasteiger partial charge in [0.2, 0.25) is 0 Å². The number of nitrogens with one attached hydrogen (secondary N) is 2. The SMILES string of the molecule is CSC(=N)Sc1ncc(-c2cc3c(OCc4cccc(OCc5ccccc5)c4)cc(OS(=O)(=O)C(F)(F)F)cc3o2)[nH]1. The van der Waals surface area contributed by atoms with Gasteiger partial charge in [-0.3, -0.25) is 5.41 Å². The zero-order chi connectivity index (χ0) is 30.6. The number of benzene rings is 3. The van der Waals surface area contributed by atoms with E-state index in [0.29, 0.717) is 38.5 Å². The van der Waals surface area contributed by atoms with Gasteiger partial charge in [0, 0.05) is 12.1 Å². The fraction of sp³-hybridized carbons (Fsp3) is 0.143. The fourth-order valence-corrected chi connectivity index (χ4v) is 5.25. The van der Waals surface area contributed by atoms with Crippen molar-refractivity contribution >= 4 is 49.0 Å². The molecule has 0 aliphatic rings. The molecule has 0 fully saturated rings. The molecule has 9 nitrogen and oxygen atoms in total. The molecule has 0 spiro atoms. The van der Waals surface area contributed by atoms with Gasteiger partial charge in [-0.15, -0.1) is 11.8 Å². The van der Waals surface area contributed by atoms with Crippen LogP contribution in [0.15, 0.2) is 88.6 Å². The molecule has 43 heavy (non-hydrogen) atoms. The molecule has 5 aromatic rings. The van der Waals surface area contributed by atoms with Gasteiger partial charge in [-0.05, 0) is 47.3 Å². The van der Waals surface area contributed by atoms with Gasteiger partial charge < -0.3 is 23.1 Å². The highest BCUT2D eigenvalue weighted by molar-refractivity contribution is 8.38. The molecular weight excluding hydrogens is 628 g/mol. The van der Waals surface area contributed by atoms with Gasteiger partial charge in [0.1, 0.15) is 46.1 Å². The summed E-state index contributed by atoms with van der Waals surface area (Å²) in [6, 6.07) is 20.3. The molecule has 0 aliphatic heterocycles. The Morgan fingerprint density at radius 1 is 0.977 bits per heavy atom. The summed E-state index contributed by atoms with van der Waals surface area (Å²) in [7, 11) is -5.95. The van der Waals surface area contributed by atoms with E-state index in [2.05, 4.69) is 14.2 Å². The van der Waals surface area contributed by atoms with Crippen molar-refractivity contribution in [2.24, 2.45) is 0 Å². The van der Waals surface area contributed by atoms with Crippen LogP contribution in [-0.2, 0) is 23.3 Å². The maximum atomic E-state index is 13.0. The van der Waals surface area contributed by atoms with Crippen molar-refractivity contribution < 1.29 is 39.7 Å². The molecule has 2 N–H and O–H groups in total. The largest absolute Gasteiger partial charge is 0.534 e. The van der Waals surface area contributed by atoms with E-state index in [9.17, 15) is 21.6 Å². The summed E-state index contributed by atoms with van der Waals surface area (Å²) in [6.45, 7) is 0.318. The molecule has 5 rings (SSSR count). The second kappa shape index (κ2) is 12.7. The van der Waals surface area contributed by atoms with Crippen LogP contribution in [0.4, 0.5) is 13.2 Å². The standard InChI is InChI=1S/C28H22F3N3O6S3/c1-41-26(32)42-27-33-14-22(34-27)25-13-21-23(11-20(12-24(21)39-25)40-43(35,36)28(29,30)31)38-16-18-8-5-9-19(10-18)37-15-17-6-3-2-4-7-17/h2-14,32H,15-16H2,1H3,(H,33,34). The summed E-state index contributed by atoms with van der Waals surface area (Å²) in [4.78, 5) is 7.21. The van der Waals surface area contributed by atoms with Crippen molar-refractivity contribution in [3.63, 3.8) is 0 Å². The number of H-pyrrole nitrogens is 1. The Bertz CT molecular complexity index is 1860. The Labute approximate surface area is 252 Å². The molecule has 0 aliphatic carbocycles. The predicted molar refractivity (Wildman–Crippen MR) is 158 cm³/mol.